The zero-order valence-corrected chi connectivity index (χ0v) is 8.91. The van der Waals surface area contributed by atoms with Gasteiger partial charge in [-0.1, -0.05) is 6.92 Å². The zero-order chi connectivity index (χ0) is 8.74. The molecule has 0 atom stereocenters. The van der Waals surface area contributed by atoms with Crippen LogP contribution in [0.3, 0.4) is 0 Å². The maximum atomic E-state index is 11.4. The molecule has 0 aliphatic rings. The molecule has 0 spiro atoms. The van der Waals surface area contributed by atoms with E-state index in [2.05, 4.69) is 6.92 Å². The lowest BCUT2D eigenvalue weighted by Gasteiger charge is -2.12. The molecule has 0 aromatic carbocycles. The zero-order valence-electron chi connectivity index (χ0n) is 7.20. The molecule has 0 radical (unpaired) electrons. The Labute approximate surface area is 72.4 Å². The highest BCUT2D eigenvalue weighted by atomic mass is 32.2. The predicted molar refractivity (Wildman–Crippen MR) is 49.5 cm³/mol. The average Bonchev–Trinajstić information content (AvgIpc) is 2.05. The van der Waals surface area contributed by atoms with E-state index in [-0.39, 0.29) is 0 Å². The fraction of sp³-hybridized carbons (Fsp3) is 1.00. The van der Waals surface area contributed by atoms with Crippen molar-refractivity contribution in [3.05, 3.63) is 0 Å². The largest absolute Gasteiger partial charge is 0.330 e. The van der Waals surface area contributed by atoms with Gasteiger partial charge in [-0.25, -0.2) is 0 Å². The molecule has 5 heteroatoms. The smallest absolute Gasteiger partial charge is 0.312 e. The van der Waals surface area contributed by atoms with Crippen LogP contribution in [0.2, 0.25) is 0 Å². The minimum absolute atomic E-state index is 0.499. The SMILES string of the molecule is CCSCCP(=O)(OC)OC. The van der Waals surface area contributed by atoms with Gasteiger partial charge < -0.3 is 9.05 Å². The van der Waals surface area contributed by atoms with Crippen molar-refractivity contribution in [1.29, 1.82) is 0 Å². The minimum Gasteiger partial charge on any atom is -0.312 e. The van der Waals surface area contributed by atoms with Gasteiger partial charge in [-0.2, -0.15) is 11.8 Å². The molecule has 0 saturated carbocycles. The first-order chi connectivity index (χ1) is 5.18. The van der Waals surface area contributed by atoms with E-state index in [1.54, 1.807) is 11.8 Å². The standard InChI is InChI=1S/C6H15O3PS/c1-4-11-6-5-10(7,8-2)9-3/h4-6H2,1-3H3. The molecule has 3 nitrogen and oxygen atoms in total. The predicted octanol–water partition coefficient (Wildman–Crippen LogP) is 2.23. The van der Waals surface area contributed by atoms with Gasteiger partial charge >= 0.3 is 7.60 Å². The van der Waals surface area contributed by atoms with E-state index >= 15 is 0 Å². The molecule has 0 saturated heterocycles. The number of hydrogen-bond acceptors (Lipinski definition) is 4. The molecule has 0 amide bonds. The summed E-state index contributed by atoms with van der Waals surface area (Å²) < 4.78 is 20.9. The summed E-state index contributed by atoms with van der Waals surface area (Å²) in [6.07, 6.45) is 0.499. The molecule has 0 unspecified atom stereocenters. The van der Waals surface area contributed by atoms with Crippen molar-refractivity contribution in [1.82, 2.24) is 0 Å². The summed E-state index contributed by atoms with van der Waals surface area (Å²) in [6.45, 7) is 2.06. The summed E-state index contributed by atoms with van der Waals surface area (Å²) in [5.41, 5.74) is 0. The highest BCUT2D eigenvalue weighted by Gasteiger charge is 2.19. The maximum Gasteiger partial charge on any atom is 0.330 e. The van der Waals surface area contributed by atoms with Crippen LogP contribution in [0.5, 0.6) is 0 Å². The third-order valence-electron chi connectivity index (χ3n) is 1.27. The summed E-state index contributed by atoms with van der Waals surface area (Å²) in [4.78, 5) is 0. The molecule has 0 aliphatic heterocycles. The Morgan fingerprint density at radius 2 is 1.91 bits per heavy atom. The van der Waals surface area contributed by atoms with Crippen LogP contribution in [0.25, 0.3) is 0 Å². The summed E-state index contributed by atoms with van der Waals surface area (Å²) in [5, 5.41) is 0. The molecule has 0 bridgehead atoms. The van der Waals surface area contributed by atoms with Gasteiger partial charge in [0.15, 0.2) is 0 Å². The van der Waals surface area contributed by atoms with Crippen molar-refractivity contribution in [3.8, 4) is 0 Å². The lowest BCUT2D eigenvalue weighted by atomic mass is 10.9. The molecule has 0 aromatic rings. The average molecular weight is 198 g/mol. The normalized spacial score (nSPS) is 11.9. The quantitative estimate of drug-likeness (QED) is 0.484. The maximum absolute atomic E-state index is 11.4. The van der Waals surface area contributed by atoms with E-state index in [1.807, 2.05) is 0 Å². The first-order valence-electron chi connectivity index (χ1n) is 3.46. The second kappa shape index (κ2) is 6.06. The van der Waals surface area contributed by atoms with E-state index < -0.39 is 7.60 Å². The highest BCUT2D eigenvalue weighted by Crippen LogP contribution is 2.46. The van der Waals surface area contributed by atoms with Gasteiger partial charge in [0.1, 0.15) is 0 Å². The highest BCUT2D eigenvalue weighted by molar-refractivity contribution is 7.99. The van der Waals surface area contributed by atoms with Gasteiger partial charge in [-0.3, -0.25) is 4.57 Å². The third-order valence-corrected chi connectivity index (χ3v) is 4.36. The topological polar surface area (TPSA) is 35.5 Å². The van der Waals surface area contributed by atoms with E-state index in [1.165, 1.54) is 14.2 Å². The number of rotatable bonds is 6. The number of hydrogen-bond donors (Lipinski definition) is 0. The molecule has 0 aliphatic carbocycles. The van der Waals surface area contributed by atoms with Crippen molar-refractivity contribution in [2.24, 2.45) is 0 Å². The summed E-state index contributed by atoms with van der Waals surface area (Å²) in [7, 11) is 0.103. The fourth-order valence-corrected chi connectivity index (χ4v) is 2.79. The van der Waals surface area contributed by atoms with Crippen molar-refractivity contribution in [3.63, 3.8) is 0 Å². The molecule has 0 aromatic heterocycles. The van der Waals surface area contributed by atoms with Crippen LogP contribution in [0, 0.1) is 0 Å². The molecular formula is C6H15O3PS. The van der Waals surface area contributed by atoms with Crippen LogP contribution < -0.4 is 0 Å². The van der Waals surface area contributed by atoms with Crippen LogP contribution >= 0.6 is 19.4 Å². The van der Waals surface area contributed by atoms with Crippen molar-refractivity contribution < 1.29 is 13.6 Å². The van der Waals surface area contributed by atoms with Gasteiger partial charge in [0.2, 0.25) is 0 Å². The fourth-order valence-electron chi connectivity index (χ4n) is 0.578. The Bertz CT molecular complexity index is 132. The van der Waals surface area contributed by atoms with Gasteiger partial charge in [-0.15, -0.1) is 0 Å². The lowest BCUT2D eigenvalue weighted by Crippen LogP contribution is -1.97. The van der Waals surface area contributed by atoms with Crippen LogP contribution in [-0.4, -0.2) is 31.9 Å². The van der Waals surface area contributed by atoms with Crippen LogP contribution in [0.1, 0.15) is 6.92 Å². The Morgan fingerprint density at radius 3 is 2.27 bits per heavy atom. The minimum atomic E-state index is -2.73. The molecule has 0 N–H and O–H groups in total. The van der Waals surface area contributed by atoms with E-state index in [9.17, 15) is 4.57 Å². The summed E-state index contributed by atoms with van der Waals surface area (Å²) in [6, 6.07) is 0. The molecule has 0 fully saturated rings. The van der Waals surface area contributed by atoms with E-state index in [0.717, 1.165) is 11.5 Å². The Morgan fingerprint density at radius 1 is 1.36 bits per heavy atom. The van der Waals surface area contributed by atoms with Crippen LogP contribution in [0.4, 0.5) is 0 Å². The lowest BCUT2D eigenvalue weighted by molar-refractivity contribution is 0.277. The van der Waals surface area contributed by atoms with Crippen molar-refractivity contribution in [2.45, 2.75) is 6.92 Å². The molecule has 0 rings (SSSR count). The summed E-state index contributed by atoms with van der Waals surface area (Å²) >= 11 is 1.73. The Kier molecular flexibility index (Phi) is 6.34. The summed E-state index contributed by atoms with van der Waals surface area (Å²) in [5.74, 6) is 1.86. The molecule has 0 heterocycles. The van der Waals surface area contributed by atoms with Crippen LogP contribution in [-0.2, 0) is 13.6 Å². The second-order valence-corrected chi connectivity index (χ2v) is 5.69. The van der Waals surface area contributed by atoms with Gasteiger partial charge in [-0.05, 0) is 5.75 Å². The van der Waals surface area contributed by atoms with Crippen molar-refractivity contribution >= 4 is 19.4 Å². The van der Waals surface area contributed by atoms with E-state index in [4.69, 9.17) is 9.05 Å². The molecular weight excluding hydrogens is 183 g/mol. The first-order valence-corrected chi connectivity index (χ1v) is 6.35. The second-order valence-electron chi connectivity index (χ2n) is 1.90. The van der Waals surface area contributed by atoms with Crippen molar-refractivity contribution in [2.75, 3.05) is 31.9 Å². The Hall–Kier alpha value is 0.500. The Balaban J connectivity index is 3.61. The van der Waals surface area contributed by atoms with Gasteiger partial charge in [0.05, 0.1) is 6.16 Å². The molecule has 11 heavy (non-hydrogen) atoms. The van der Waals surface area contributed by atoms with Gasteiger partial charge in [0.25, 0.3) is 0 Å². The van der Waals surface area contributed by atoms with Gasteiger partial charge in [0, 0.05) is 20.0 Å². The molecule has 68 valence electrons. The van der Waals surface area contributed by atoms with E-state index in [0.29, 0.717) is 6.16 Å². The first kappa shape index (κ1) is 11.5. The number of thioether (sulfide) groups is 1. The third kappa shape index (κ3) is 4.86. The monoisotopic (exact) mass is 198 g/mol. The van der Waals surface area contributed by atoms with Crippen LogP contribution in [0.15, 0.2) is 0 Å².